The summed E-state index contributed by atoms with van der Waals surface area (Å²) in [4.78, 5) is 11.5. The molecule has 1 aliphatic rings. The predicted octanol–water partition coefficient (Wildman–Crippen LogP) is 5.15. The van der Waals surface area contributed by atoms with Gasteiger partial charge >= 0.3 is 5.97 Å². The first-order valence-electron chi connectivity index (χ1n) is 8.52. The van der Waals surface area contributed by atoms with E-state index in [1.807, 2.05) is 0 Å². The number of carbonyl (C=O) groups is 1. The van der Waals surface area contributed by atoms with Crippen molar-refractivity contribution in [2.45, 2.75) is 70.1 Å². The van der Waals surface area contributed by atoms with Crippen LogP contribution in [0.1, 0.15) is 68.1 Å². The van der Waals surface area contributed by atoms with Gasteiger partial charge in [0.15, 0.2) is 0 Å². The van der Waals surface area contributed by atoms with E-state index in [1.165, 1.54) is 48.8 Å². The lowest BCUT2D eigenvalue weighted by Gasteiger charge is -2.24. The molecule has 3 heteroatoms. The monoisotopic (exact) mass is 322 g/mol. The third-order valence-corrected chi connectivity index (χ3v) is 5.00. The van der Waals surface area contributed by atoms with Crippen molar-refractivity contribution in [3.63, 3.8) is 0 Å². The van der Waals surface area contributed by atoms with Gasteiger partial charge in [0.05, 0.1) is 6.61 Å². The molecule has 2 rings (SSSR count). The Balaban J connectivity index is 1.93. The predicted molar refractivity (Wildman–Crippen MR) is 91.6 cm³/mol. The molecule has 0 saturated heterocycles. The molecule has 0 aromatic heterocycles. The van der Waals surface area contributed by atoms with Crippen LogP contribution in [-0.4, -0.2) is 18.0 Å². The highest BCUT2D eigenvalue weighted by atomic mass is 35.5. The Morgan fingerprint density at radius 1 is 1.32 bits per heavy atom. The fraction of sp³-hybridized carbons (Fsp3) is 0.632. The highest BCUT2D eigenvalue weighted by Crippen LogP contribution is 2.34. The highest BCUT2D eigenvalue weighted by Gasteiger charge is 2.18. The maximum atomic E-state index is 11.5. The summed E-state index contributed by atoms with van der Waals surface area (Å²) in [5, 5.41) is -0.543. The molecule has 0 N–H and O–H groups in total. The molecular formula is C19H27ClO2. The van der Waals surface area contributed by atoms with Gasteiger partial charge in [-0.15, -0.1) is 11.6 Å². The van der Waals surface area contributed by atoms with Crippen molar-refractivity contribution in [3.05, 3.63) is 34.9 Å². The molecule has 1 unspecified atom stereocenters. The molecule has 22 heavy (non-hydrogen) atoms. The van der Waals surface area contributed by atoms with E-state index in [-0.39, 0.29) is 5.97 Å². The topological polar surface area (TPSA) is 26.3 Å². The third kappa shape index (κ3) is 4.74. The van der Waals surface area contributed by atoms with E-state index in [4.69, 9.17) is 16.3 Å². The van der Waals surface area contributed by atoms with Gasteiger partial charge in [0.1, 0.15) is 5.38 Å². The van der Waals surface area contributed by atoms with E-state index in [2.05, 4.69) is 25.1 Å². The first kappa shape index (κ1) is 17.3. The fourth-order valence-electron chi connectivity index (χ4n) is 3.41. The molecule has 0 aliphatic heterocycles. The molecule has 0 heterocycles. The molecule has 1 aliphatic carbocycles. The Kier molecular flexibility index (Phi) is 6.75. The largest absolute Gasteiger partial charge is 0.465 e. The standard InChI is InChI=1S/C19H27ClO2/c1-3-22-19(21)18(20)12-10-15-9-11-17(14(2)13-15)16-7-5-4-6-8-16/h9,11,13,16,18H,3-8,10,12H2,1-2H3. The lowest BCUT2D eigenvalue weighted by molar-refractivity contribution is -0.142. The maximum absolute atomic E-state index is 11.5. The second-order valence-electron chi connectivity index (χ2n) is 6.28. The molecule has 1 saturated carbocycles. The van der Waals surface area contributed by atoms with E-state index in [0.29, 0.717) is 13.0 Å². The van der Waals surface area contributed by atoms with Crippen molar-refractivity contribution in [1.82, 2.24) is 0 Å². The molecular weight excluding hydrogens is 296 g/mol. The van der Waals surface area contributed by atoms with Gasteiger partial charge in [0, 0.05) is 0 Å². The molecule has 0 bridgehead atoms. The molecule has 1 aromatic rings. The number of carbonyl (C=O) groups excluding carboxylic acids is 1. The zero-order chi connectivity index (χ0) is 15.9. The number of hydrogen-bond donors (Lipinski definition) is 0. The van der Waals surface area contributed by atoms with Gasteiger partial charge in [0.25, 0.3) is 0 Å². The average Bonchev–Trinajstić information content (AvgIpc) is 2.53. The minimum atomic E-state index is -0.543. The minimum absolute atomic E-state index is 0.306. The lowest BCUT2D eigenvalue weighted by atomic mass is 9.82. The summed E-state index contributed by atoms with van der Waals surface area (Å²) in [5.41, 5.74) is 4.15. The first-order chi connectivity index (χ1) is 10.6. The van der Waals surface area contributed by atoms with Crippen molar-refractivity contribution in [2.75, 3.05) is 6.61 Å². The van der Waals surface area contributed by atoms with Crippen LogP contribution in [-0.2, 0) is 16.0 Å². The van der Waals surface area contributed by atoms with Crippen molar-refractivity contribution < 1.29 is 9.53 Å². The molecule has 1 atom stereocenters. The Morgan fingerprint density at radius 2 is 2.05 bits per heavy atom. The maximum Gasteiger partial charge on any atom is 0.324 e. The molecule has 1 aromatic carbocycles. The van der Waals surface area contributed by atoms with E-state index >= 15 is 0 Å². The van der Waals surface area contributed by atoms with Crippen LogP contribution in [0.2, 0.25) is 0 Å². The van der Waals surface area contributed by atoms with Gasteiger partial charge < -0.3 is 4.74 Å². The van der Waals surface area contributed by atoms with E-state index < -0.39 is 5.38 Å². The fourth-order valence-corrected chi connectivity index (χ4v) is 3.58. The molecule has 122 valence electrons. The van der Waals surface area contributed by atoms with E-state index in [1.54, 1.807) is 6.92 Å². The van der Waals surface area contributed by atoms with Crippen LogP contribution in [0.3, 0.4) is 0 Å². The van der Waals surface area contributed by atoms with Crippen LogP contribution < -0.4 is 0 Å². The summed E-state index contributed by atoms with van der Waals surface area (Å²) >= 11 is 6.08. The summed E-state index contributed by atoms with van der Waals surface area (Å²) in [6.45, 7) is 4.39. The molecule has 2 nitrogen and oxygen atoms in total. The van der Waals surface area contributed by atoms with Crippen LogP contribution in [0.5, 0.6) is 0 Å². The summed E-state index contributed by atoms with van der Waals surface area (Å²) in [7, 11) is 0. The number of halogens is 1. The Labute approximate surface area is 139 Å². The van der Waals surface area contributed by atoms with Crippen LogP contribution in [0.4, 0.5) is 0 Å². The van der Waals surface area contributed by atoms with Crippen LogP contribution >= 0.6 is 11.6 Å². The Hall–Kier alpha value is -1.02. The smallest absolute Gasteiger partial charge is 0.324 e. The quantitative estimate of drug-likeness (QED) is 0.535. The summed E-state index contributed by atoms with van der Waals surface area (Å²) in [5.74, 6) is 0.433. The molecule has 1 fully saturated rings. The van der Waals surface area contributed by atoms with Gasteiger partial charge in [-0.2, -0.15) is 0 Å². The third-order valence-electron chi connectivity index (χ3n) is 4.61. The van der Waals surface area contributed by atoms with Crippen LogP contribution in [0, 0.1) is 6.92 Å². The van der Waals surface area contributed by atoms with Gasteiger partial charge in [-0.25, -0.2) is 0 Å². The summed E-state index contributed by atoms with van der Waals surface area (Å²) in [6.07, 6.45) is 8.21. The van der Waals surface area contributed by atoms with Gasteiger partial charge in [0.2, 0.25) is 0 Å². The van der Waals surface area contributed by atoms with Gasteiger partial charge in [-0.1, -0.05) is 37.5 Å². The number of benzene rings is 1. The number of hydrogen-bond acceptors (Lipinski definition) is 2. The van der Waals surface area contributed by atoms with Gasteiger partial charge in [-0.3, -0.25) is 4.79 Å². The van der Waals surface area contributed by atoms with Crippen molar-refractivity contribution in [3.8, 4) is 0 Å². The van der Waals surface area contributed by atoms with Crippen LogP contribution in [0.25, 0.3) is 0 Å². The normalized spacial score (nSPS) is 17.2. The van der Waals surface area contributed by atoms with E-state index in [9.17, 15) is 4.79 Å². The Bertz CT molecular complexity index is 492. The second-order valence-corrected chi connectivity index (χ2v) is 6.81. The van der Waals surface area contributed by atoms with Crippen molar-refractivity contribution in [2.24, 2.45) is 0 Å². The number of rotatable bonds is 6. The first-order valence-corrected chi connectivity index (χ1v) is 8.95. The average molecular weight is 323 g/mol. The number of aryl methyl sites for hydroxylation is 2. The molecule has 0 spiro atoms. The zero-order valence-electron chi connectivity index (χ0n) is 13.7. The molecule has 0 radical (unpaired) electrons. The lowest BCUT2D eigenvalue weighted by Crippen LogP contribution is -2.18. The summed E-state index contributed by atoms with van der Waals surface area (Å²) < 4.78 is 4.94. The number of esters is 1. The molecule has 0 amide bonds. The van der Waals surface area contributed by atoms with Crippen molar-refractivity contribution in [1.29, 1.82) is 0 Å². The minimum Gasteiger partial charge on any atom is -0.465 e. The Morgan fingerprint density at radius 3 is 2.68 bits per heavy atom. The van der Waals surface area contributed by atoms with Gasteiger partial charge in [-0.05, 0) is 62.1 Å². The summed E-state index contributed by atoms with van der Waals surface area (Å²) in [6, 6.07) is 6.75. The number of alkyl halides is 1. The van der Waals surface area contributed by atoms with Crippen molar-refractivity contribution >= 4 is 17.6 Å². The highest BCUT2D eigenvalue weighted by molar-refractivity contribution is 6.29. The SMILES string of the molecule is CCOC(=O)C(Cl)CCc1ccc(C2CCCCC2)c(C)c1. The van der Waals surface area contributed by atoms with Crippen LogP contribution in [0.15, 0.2) is 18.2 Å². The second kappa shape index (κ2) is 8.57. The zero-order valence-corrected chi connectivity index (χ0v) is 14.5. The van der Waals surface area contributed by atoms with E-state index in [0.717, 1.165) is 12.3 Å². The number of ether oxygens (including phenoxy) is 1.